The number of piperidine rings is 1. The molecule has 4 heterocycles. The van der Waals surface area contributed by atoms with Gasteiger partial charge in [0.25, 0.3) is 5.91 Å². The number of rotatable bonds is 8. The van der Waals surface area contributed by atoms with Gasteiger partial charge in [0, 0.05) is 67.8 Å². The van der Waals surface area contributed by atoms with Crippen LogP contribution in [0, 0.1) is 12.8 Å². The summed E-state index contributed by atoms with van der Waals surface area (Å²) in [4.78, 5) is 39.2. The minimum Gasteiger partial charge on any atom is -0.435 e. The average Bonchev–Trinajstić information content (AvgIpc) is 3.50. The summed E-state index contributed by atoms with van der Waals surface area (Å²) in [6, 6.07) is 11.9. The highest BCUT2D eigenvalue weighted by Crippen LogP contribution is 2.29. The van der Waals surface area contributed by atoms with Gasteiger partial charge in [0.1, 0.15) is 5.75 Å². The van der Waals surface area contributed by atoms with Gasteiger partial charge in [0.15, 0.2) is 11.5 Å². The maximum atomic E-state index is 13.4. The highest BCUT2D eigenvalue weighted by atomic mass is 19.3. The minimum absolute atomic E-state index is 0.0531. The monoisotopic (exact) mass is 619 g/mol. The first-order chi connectivity index (χ1) is 21.8. The predicted molar refractivity (Wildman–Crippen MR) is 164 cm³/mol. The van der Waals surface area contributed by atoms with Gasteiger partial charge in [-0.1, -0.05) is 0 Å². The number of alkyl halides is 2. The normalized spacial score (nSPS) is 17.6. The number of imidazole rings is 1. The van der Waals surface area contributed by atoms with Crippen LogP contribution in [0.25, 0.3) is 16.9 Å². The van der Waals surface area contributed by atoms with E-state index in [2.05, 4.69) is 20.0 Å². The topological polar surface area (TPSA) is 127 Å². The van der Waals surface area contributed by atoms with Crippen molar-refractivity contribution in [2.45, 2.75) is 32.5 Å². The summed E-state index contributed by atoms with van der Waals surface area (Å²) in [6.07, 6.45) is 6.24. The molecule has 0 aliphatic carbocycles. The summed E-state index contributed by atoms with van der Waals surface area (Å²) in [5.74, 6) is 0.567. The van der Waals surface area contributed by atoms with Crippen LogP contribution in [-0.4, -0.2) is 88.0 Å². The molecule has 0 bridgehead atoms. The molecule has 4 aromatic rings. The number of hydrogen-bond donors (Lipinski definition) is 2. The zero-order valence-corrected chi connectivity index (χ0v) is 24.9. The molecule has 2 saturated heterocycles. The van der Waals surface area contributed by atoms with Gasteiger partial charge in [-0.25, -0.2) is 9.97 Å². The predicted octanol–water partition coefficient (Wildman–Crippen LogP) is 4.09. The van der Waals surface area contributed by atoms with Gasteiger partial charge in [-0.2, -0.15) is 8.78 Å². The van der Waals surface area contributed by atoms with Crippen molar-refractivity contribution in [2.24, 2.45) is 11.7 Å². The molecule has 0 spiro atoms. The number of amides is 2. The Morgan fingerprint density at radius 3 is 2.58 bits per heavy atom. The van der Waals surface area contributed by atoms with E-state index in [4.69, 9.17) is 10.5 Å². The van der Waals surface area contributed by atoms with Crippen molar-refractivity contribution in [2.75, 3.05) is 44.6 Å². The number of anilines is 2. The van der Waals surface area contributed by atoms with Gasteiger partial charge in [0.2, 0.25) is 5.91 Å². The number of carbonyl (C=O) groups is 2. The van der Waals surface area contributed by atoms with E-state index >= 15 is 0 Å². The van der Waals surface area contributed by atoms with E-state index in [0.29, 0.717) is 69.2 Å². The molecular formula is C32H35F2N7O4. The Hall–Kier alpha value is -4.62. The molecule has 0 radical (unpaired) electrons. The van der Waals surface area contributed by atoms with Crippen LogP contribution in [-0.2, 0) is 9.53 Å². The molecular weight excluding hydrogens is 584 g/mol. The van der Waals surface area contributed by atoms with Crippen molar-refractivity contribution in [1.29, 1.82) is 0 Å². The van der Waals surface area contributed by atoms with Crippen LogP contribution in [0.3, 0.4) is 0 Å². The zero-order valence-electron chi connectivity index (χ0n) is 24.9. The second-order valence-electron chi connectivity index (χ2n) is 11.2. The fourth-order valence-corrected chi connectivity index (χ4v) is 5.97. The van der Waals surface area contributed by atoms with Gasteiger partial charge in [-0.3, -0.25) is 14.0 Å². The first-order valence-electron chi connectivity index (χ1n) is 15.0. The number of nitrogens with two attached hydrogens (primary N) is 1. The highest BCUT2D eigenvalue weighted by Gasteiger charge is 2.33. The number of carbonyl (C=O) groups excluding carboxylic acids is 2. The Labute approximate surface area is 258 Å². The summed E-state index contributed by atoms with van der Waals surface area (Å²) in [7, 11) is 0. The Balaban J connectivity index is 1.10. The number of aryl methyl sites for hydroxylation is 1. The number of morpholine rings is 1. The van der Waals surface area contributed by atoms with Crippen LogP contribution >= 0.6 is 0 Å². The van der Waals surface area contributed by atoms with Gasteiger partial charge in [-0.05, 0) is 67.8 Å². The number of halogens is 2. The lowest BCUT2D eigenvalue weighted by Gasteiger charge is -2.37. The molecule has 13 heteroatoms. The quantitative estimate of drug-likeness (QED) is 0.302. The maximum Gasteiger partial charge on any atom is 0.387 e. The van der Waals surface area contributed by atoms with Crippen LogP contribution in [0.5, 0.6) is 5.75 Å². The first-order valence-corrected chi connectivity index (χ1v) is 15.0. The van der Waals surface area contributed by atoms with Crippen LogP contribution in [0.2, 0.25) is 0 Å². The third-order valence-electron chi connectivity index (χ3n) is 8.37. The molecule has 3 N–H and O–H groups in total. The van der Waals surface area contributed by atoms with E-state index in [1.54, 1.807) is 36.8 Å². The minimum atomic E-state index is -2.89. The largest absolute Gasteiger partial charge is 0.435 e. The number of likely N-dealkylation sites (tertiary alicyclic amines) is 1. The van der Waals surface area contributed by atoms with Crippen LogP contribution < -0.4 is 15.8 Å². The maximum absolute atomic E-state index is 13.4. The lowest BCUT2D eigenvalue weighted by atomic mass is 9.94. The Morgan fingerprint density at radius 1 is 1.09 bits per heavy atom. The summed E-state index contributed by atoms with van der Waals surface area (Å²) in [5.41, 5.74) is 10.00. The number of aromatic nitrogens is 3. The summed E-state index contributed by atoms with van der Waals surface area (Å²) < 4.78 is 36.9. The van der Waals surface area contributed by atoms with Crippen molar-refractivity contribution >= 4 is 29.0 Å². The number of hydrogen-bond acceptors (Lipinski definition) is 8. The molecule has 1 unspecified atom stereocenters. The van der Waals surface area contributed by atoms with E-state index in [-0.39, 0.29) is 29.6 Å². The lowest BCUT2D eigenvalue weighted by molar-refractivity contribution is -0.144. The molecule has 6 rings (SSSR count). The van der Waals surface area contributed by atoms with E-state index in [0.717, 1.165) is 22.5 Å². The second-order valence-corrected chi connectivity index (χ2v) is 11.2. The number of benzene rings is 2. The second kappa shape index (κ2) is 13.2. The van der Waals surface area contributed by atoms with Crippen molar-refractivity contribution in [3.05, 3.63) is 72.2 Å². The molecule has 2 fully saturated rings. The molecule has 2 aliphatic rings. The van der Waals surface area contributed by atoms with Gasteiger partial charge in [0.05, 0.1) is 24.6 Å². The third kappa shape index (κ3) is 6.59. The Kier molecular flexibility index (Phi) is 8.90. The molecule has 45 heavy (non-hydrogen) atoms. The van der Waals surface area contributed by atoms with Gasteiger partial charge < -0.3 is 30.3 Å². The van der Waals surface area contributed by atoms with Crippen molar-refractivity contribution in [1.82, 2.24) is 24.2 Å². The van der Waals surface area contributed by atoms with E-state index < -0.39 is 6.61 Å². The third-order valence-corrected chi connectivity index (χ3v) is 8.37. The summed E-state index contributed by atoms with van der Waals surface area (Å²) in [6.45, 7) is 2.05. The molecule has 0 saturated carbocycles. The zero-order chi connectivity index (χ0) is 31.5. The number of ether oxygens (including phenoxy) is 2. The van der Waals surface area contributed by atoms with Crippen LogP contribution in [0.1, 0.15) is 28.8 Å². The van der Waals surface area contributed by atoms with E-state index in [1.807, 2.05) is 33.3 Å². The molecule has 2 amide bonds. The van der Waals surface area contributed by atoms with Crippen LogP contribution in [0.15, 0.2) is 61.1 Å². The van der Waals surface area contributed by atoms with Gasteiger partial charge >= 0.3 is 6.61 Å². The van der Waals surface area contributed by atoms with Crippen molar-refractivity contribution in [3.8, 4) is 17.0 Å². The smallest absolute Gasteiger partial charge is 0.387 e. The van der Waals surface area contributed by atoms with Gasteiger partial charge in [-0.15, -0.1) is 0 Å². The number of fused-ring (bicyclic) bond motifs is 1. The average molecular weight is 620 g/mol. The first kappa shape index (κ1) is 30.4. The number of nitrogens with zero attached hydrogens (tertiary/aromatic N) is 5. The molecule has 11 nitrogen and oxygen atoms in total. The number of nitrogens with one attached hydrogen (secondary N) is 1. The summed E-state index contributed by atoms with van der Waals surface area (Å²) in [5, 5.41) is 3.30. The standard InChI is InChI=1S/C32H35F2N7O4/c1-20-16-23(38-28-29-37-18-27(41(29)13-10-36-28)21-2-5-24(6-3-21)45-32(33)34)4-7-26(20)31(43)39-11-8-22(9-12-39)30(42)40-14-15-44-25(17-35)19-40/h2-7,10,13,16,18,22,25,32H,8-9,11-12,14-15,17,19,35H2,1H3,(H,36,38). The highest BCUT2D eigenvalue weighted by molar-refractivity contribution is 5.96. The molecule has 236 valence electrons. The molecule has 1 atom stereocenters. The molecule has 2 aromatic carbocycles. The summed E-state index contributed by atoms with van der Waals surface area (Å²) >= 11 is 0. The Morgan fingerprint density at radius 2 is 1.87 bits per heavy atom. The molecule has 2 aromatic heterocycles. The SMILES string of the molecule is Cc1cc(Nc2nccn3c(-c4ccc(OC(F)F)cc4)cnc23)ccc1C(=O)N1CCC(C(=O)N2CCOC(CN)C2)CC1. The van der Waals surface area contributed by atoms with E-state index in [9.17, 15) is 18.4 Å². The fraction of sp³-hybridized carbons (Fsp3) is 0.375. The molecule has 2 aliphatic heterocycles. The Bertz CT molecular complexity index is 1670. The van der Waals surface area contributed by atoms with Crippen molar-refractivity contribution < 1.29 is 27.8 Å². The fourth-order valence-electron chi connectivity index (χ4n) is 5.97. The van der Waals surface area contributed by atoms with Crippen LogP contribution in [0.4, 0.5) is 20.3 Å². The van der Waals surface area contributed by atoms with Crippen molar-refractivity contribution in [3.63, 3.8) is 0 Å². The lowest BCUT2D eigenvalue weighted by Crippen LogP contribution is -2.51. The van der Waals surface area contributed by atoms with E-state index in [1.165, 1.54) is 12.1 Å².